The summed E-state index contributed by atoms with van der Waals surface area (Å²) < 4.78 is 0.120. The SMILES string of the molecule is CC(C)N(CCCO)C(=O)CSC(C)(C)C. The number of aliphatic hydroxyl groups is 1. The minimum absolute atomic E-state index is 0.120. The van der Waals surface area contributed by atoms with E-state index in [9.17, 15) is 4.79 Å². The average Bonchev–Trinajstić information content (AvgIpc) is 2.13. The highest BCUT2D eigenvalue weighted by atomic mass is 32.2. The van der Waals surface area contributed by atoms with E-state index in [-0.39, 0.29) is 23.3 Å². The number of carbonyl (C=O) groups is 1. The Bertz CT molecular complexity index is 212. The Morgan fingerprint density at radius 3 is 2.31 bits per heavy atom. The Balaban J connectivity index is 4.17. The van der Waals surface area contributed by atoms with Crippen molar-refractivity contribution < 1.29 is 9.90 Å². The van der Waals surface area contributed by atoms with E-state index >= 15 is 0 Å². The van der Waals surface area contributed by atoms with Crippen LogP contribution in [0.5, 0.6) is 0 Å². The summed E-state index contributed by atoms with van der Waals surface area (Å²) in [5.41, 5.74) is 0. The molecule has 0 aromatic carbocycles. The molecule has 0 aromatic heterocycles. The van der Waals surface area contributed by atoms with Crippen LogP contribution in [0, 0.1) is 0 Å². The van der Waals surface area contributed by atoms with E-state index in [1.54, 1.807) is 11.8 Å². The molecule has 16 heavy (non-hydrogen) atoms. The molecule has 0 aliphatic carbocycles. The van der Waals surface area contributed by atoms with E-state index in [1.165, 1.54) is 0 Å². The zero-order chi connectivity index (χ0) is 12.8. The molecule has 0 aromatic rings. The van der Waals surface area contributed by atoms with Gasteiger partial charge < -0.3 is 10.0 Å². The quantitative estimate of drug-likeness (QED) is 0.782. The maximum Gasteiger partial charge on any atom is 0.232 e. The van der Waals surface area contributed by atoms with Gasteiger partial charge in [0.2, 0.25) is 5.91 Å². The summed E-state index contributed by atoms with van der Waals surface area (Å²) in [5.74, 6) is 0.691. The van der Waals surface area contributed by atoms with Crippen molar-refractivity contribution in [2.24, 2.45) is 0 Å². The summed E-state index contributed by atoms with van der Waals surface area (Å²) in [6.07, 6.45) is 0.657. The van der Waals surface area contributed by atoms with Crippen molar-refractivity contribution in [3.05, 3.63) is 0 Å². The molecule has 1 N–H and O–H groups in total. The second-order valence-corrected chi connectivity index (χ2v) is 6.96. The predicted molar refractivity (Wildman–Crippen MR) is 70.8 cm³/mol. The summed E-state index contributed by atoms with van der Waals surface area (Å²) in [4.78, 5) is 13.8. The molecule has 1 amide bonds. The number of rotatable bonds is 6. The van der Waals surface area contributed by atoms with Gasteiger partial charge in [0.05, 0.1) is 5.75 Å². The lowest BCUT2D eigenvalue weighted by atomic mass is 10.3. The Hall–Kier alpha value is -0.220. The van der Waals surface area contributed by atoms with E-state index < -0.39 is 0 Å². The molecular weight excluding hydrogens is 222 g/mol. The number of hydrogen-bond acceptors (Lipinski definition) is 3. The molecule has 0 unspecified atom stereocenters. The second kappa shape index (κ2) is 7.17. The lowest BCUT2D eigenvalue weighted by Gasteiger charge is -2.28. The van der Waals surface area contributed by atoms with Crippen molar-refractivity contribution >= 4 is 17.7 Å². The summed E-state index contributed by atoms with van der Waals surface area (Å²) in [6, 6.07) is 0.208. The van der Waals surface area contributed by atoms with Gasteiger partial charge in [0, 0.05) is 23.9 Å². The summed E-state index contributed by atoms with van der Waals surface area (Å²) in [5, 5.41) is 8.79. The first kappa shape index (κ1) is 15.8. The Morgan fingerprint density at radius 2 is 1.94 bits per heavy atom. The fourth-order valence-corrected chi connectivity index (χ4v) is 2.00. The summed E-state index contributed by atoms with van der Waals surface area (Å²) in [7, 11) is 0. The Labute approximate surface area is 104 Å². The normalized spacial score (nSPS) is 11.9. The lowest BCUT2D eigenvalue weighted by Crippen LogP contribution is -2.39. The maximum atomic E-state index is 12.0. The lowest BCUT2D eigenvalue weighted by molar-refractivity contribution is -0.130. The van der Waals surface area contributed by atoms with Crippen molar-refractivity contribution in [1.82, 2.24) is 4.90 Å². The first-order valence-corrected chi connectivity index (χ1v) is 6.81. The third-order valence-electron chi connectivity index (χ3n) is 2.13. The van der Waals surface area contributed by atoms with Gasteiger partial charge in [-0.2, -0.15) is 0 Å². The van der Waals surface area contributed by atoms with E-state index in [0.29, 0.717) is 18.7 Å². The molecule has 3 nitrogen and oxygen atoms in total. The molecule has 0 aliphatic heterocycles. The molecule has 0 atom stereocenters. The van der Waals surface area contributed by atoms with Crippen molar-refractivity contribution in [3.8, 4) is 0 Å². The number of thioether (sulfide) groups is 1. The fraction of sp³-hybridized carbons (Fsp3) is 0.917. The standard InChI is InChI=1S/C12H25NO2S/c1-10(2)13(7-6-8-14)11(15)9-16-12(3,4)5/h10,14H,6-9H2,1-5H3. The molecule has 0 saturated heterocycles. The smallest absolute Gasteiger partial charge is 0.232 e. The van der Waals surface area contributed by atoms with Gasteiger partial charge in [-0.25, -0.2) is 0 Å². The number of nitrogens with zero attached hydrogens (tertiary/aromatic N) is 1. The molecule has 0 saturated carbocycles. The molecule has 0 heterocycles. The highest BCUT2D eigenvalue weighted by Gasteiger charge is 2.19. The maximum absolute atomic E-state index is 12.0. The largest absolute Gasteiger partial charge is 0.396 e. The van der Waals surface area contributed by atoms with E-state index in [1.807, 2.05) is 18.7 Å². The molecule has 0 spiro atoms. The predicted octanol–water partition coefficient (Wildman–Crippen LogP) is 2.14. The van der Waals surface area contributed by atoms with Gasteiger partial charge >= 0.3 is 0 Å². The van der Waals surface area contributed by atoms with Crippen LogP contribution in [0.15, 0.2) is 0 Å². The second-order valence-electron chi connectivity index (χ2n) is 5.16. The Kier molecular flexibility index (Phi) is 7.07. The van der Waals surface area contributed by atoms with E-state index in [4.69, 9.17) is 5.11 Å². The van der Waals surface area contributed by atoms with Gasteiger partial charge in [-0.05, 0) is 20.3 Å². The molecule has 0 aliphatic rings. The average molecular weight is 247 g/mol. The topological polar surface area (TPSA) is 40.5 Å². The van der Waals surface area contributed by atoms with Crippen LogP contribution in [0.2, 0.25) is 0 Å². The number of aliphatic hydroxyl groups excluding tert-OH is 1. The van der Waals surface area contributed by atoms with Crippen molar-refractivity contribution in [3.63, 3.8) is 0 Å². The third kappa shape index (κ3) is 7.12. The van der Waals surface area contributed by atoms with E-state index in [2.05, 4.69) is 20.8 Å². The molecule has 0 radical (unpaired) electrons. The highest BCUT2D eigenvalue weighted by Crippen LogP contribution is 2.23. The number of carbonyl (C=O) groups excluding carboxylic acids is 1. The van der Waals surface area contributed by atoms with Crippen molar-refractivity contribution in [2.45, 2.75) is 51.8 Å². The van der Waals surface area contributed by atoms with Crippen LogP contribution in [0.25, 0.3) is 0 Å². The molecule has 0 fully saturated rings. The van der Waals surface area contributed by atoms with Crippen LogP contribution < -0.4 is 0 Å². The van der Waals surface area contributed by atoms with Gasteiger partial charge in [0.25, 0.3) is 0 Å². The van der Waals surface area contributed by atoms with Crippen LogP contribution in [-0.4, -0.2) is 45.6 Å². The van der Waals surface area contributed by atoms with Crippen LogP contribution in [0.1, 0.15) is 41.0 Å². The highest BCUT2D eigenvalue weighted by molar-refractivity contribution is 8.01. The minimum atomic E-state index is 0.120. The number of hydrogen-bond donors (Lipinski definition) is 1. The molecular formula is C12H25NO2S. The zero-order valence-electron chi connectivity index (χ0n) is 11.1. The number of amides is 1. The van der Waals surface area contributed by atoms with Gasteiger partial charge in [-0.3, -0.25) is 4.79 Å². The summed E-state index contributed by atoms with van der Waals surface area (Å²) >= 11 is 1.67. The third-order valence-corrected chi connectivity index (χ3v) is 3.39. The van der Waals surface area contributed by atoms with Crippen molar-refractivity contribution in [1.29, 1.82) is 0 Å². The van der Waals surface area contributed by atoms with Crippen LogP contribution in [0.3, 0.4) is 0 Å². The first-order valence-electron chi connectivity index (χ1n) is 5.82. The zero-order valence-corrected chi connectivity index (χ0v) is 11.9. The van der Waals surface area contributed by atoms with Gasteiger partial charge in [0.1, 0.15) is 0 Å². The monoisotopic (exact) mass is 247 g/mol. The molecule has 4 heteroatoms. The molecule has 0 rings (SSSR count). The van der Waals surface area contributed by atoms with Gasteiger partial charge in [-0.1, -0.05) is 20.8 Å². The van der Waals surface area contributed by atoms with Crippen LogP contribution in [0.4, 0.5) is 0 Å². The van der Waals surface area contributed by atoms with Crippen LogP contribution in [-0.2, 0) is 4.79 Å². The first-order chi connectivity index (χ1) is 7.28. The summed E-state index contributed by atoms with van der Waals surface area (Å²) in [6.45, 7) is 11.1. The van der Waals surface area contributed by atoms with Crippen molar-refractivity contribution in [2.75, 3.05) is 18.9 Å². The van der Waals surface area contributed by atoms with E-state index in [0.717, 1.165) is 0 Å². The Morgan fingerprint density at radius 1 is 1.38 bits per heavy atom. The molecule has 96 valence electrons. The van der Waals surface area contributed by atoms with Gasteiger partial charge in [0.15, 0.2) is 0 Å². The molecule has 0 bridgehead atoms. The minimum Gasteiger partial charge on any atom is -0.396 e. The van der Waals surface area contributed by atoms with Gasteiger partial charge in [-0.15, -0.1) is 11.8 Å². The fourth-order valence-electron chi connectivity index (χ4n) is 1.27. The van der Waals surface area contributed by atoms with Crippen LogP contribution >= 0.6 is 11.8 Å².